The lowest BCUT2D eigenvalue weighted by Crippen LogP contribution is -2.35. The van der Waals surface area contributed by atoms with Gasteiger partial charge in [0.05, 0.1) is 19.9 Å². The third-order valence-electron chi connectivity index (χ3n) is 4.26. The van der Waals surface area contributed by atoms with Crippen LogP contribution in [0.25, 0.3) is 10.6 Å². The fourth-order valence-corrected chi connectivity index (χ4v) is 3.96. The first-order chi connectivity index (χ1) is 11.6. The summed E-state index contributed by atoms with van der Waals surface area (Å²) in [5.41, 5.74) is 1.72. The third kappa shape index (κ3) is 3.24. The number of carbonyl (C=O) groups excluding carboxylic acids is 1. The van der Waals surface area contributed by atoms with Crippen molar-refractivity contribution in [1.29, 1.82) is 0 Å². The van der Waals surface area contributed by atoms with Crippen molar-refractivity contribution in [3.63, 3.8) is 0 Å². The second kappa shape index (κ2) is 7.21. The summed E-state index contributed by atoms with van der Waals surface area (Å²) in [6, 6.07) is 5.69. The molecule has 1 saturated heterocycles. The molecule has 128 valence electrons. The van der Waals surface area contributed by atoms with Crippen LogP contribution in [-0.4, -0.2) is 43.1 Å². The number of rotatable bonds is 4. The van der Waals surface area contributed by atoms with E-state index < -0.39 is 0 Å². The summed E-state index contributed by atoms with van der Waals surface area (Å²) in [6.45, 7) is 3.60. The fraction of sp³-hybridized carbons (Fsp3) is 0.444. The van der Waals surface area contributed by atoms with Gasteiger partial charge in [0.2, 0.25) is 0 Å². The number of aromatic nitrogens is 1. The molecule has 6 heteroatoms. The van der Waals surface area contributed by atoms with E-state index in [0.29, 0.717) is 11.5 Å². The summed E-state index contributed by atoms with van der Waals surface area (Å²) < 4.78 is 10.6. The lowest BCUT2D eigenvalue weighted by atomic mass is 10.1. The van der Waals surface area contributed by atoms with E-state index >= 15 is 0 Å². The topological polar surface area (TPSA) is 51.7 Å². The van der Waals surface area contributed by atoms with Gasteiger partial charge in [-0.15, -0.1) is 11.3 Å². The van der Waals surface area contributed by atoms with Crippen LogP contribution in [0.3, 0.4) is 0 Å². The predicted octanol–water partition coefficient (Wildman–Crippen LogP) is 3.76. The van der Waals surface area contributed by atoms with Crippen LogP contribution < -0.4 is 9.47 Å². The Hall–Kier alpha value is -2.08. The van der Waals surface area contributed by atoms with Crippen LogP contribution in [0.1, 0.15) is 34.6 Å². The van der Waals surface area contributed by atoms with Crippen molar-refractivity contribution in [2.24, 2.45) is 0 Å². The molecule has 0 atom stereocenters. The normalized spacial score (nSPS) is 14.5. The number of ether oxygens (including phenoxy) is 2. The number of nitrogens with zero attached hydrogens (tertiary/aromatic N) is 2. The molecule has 2 aromatic rings. The summed E-state index contributed by atoms with van der Waals surface area (Å²) in [4.78, 5) is 20.0. The molecular weight excluding hydrogens is 324 g/mol. The van der Waals surface area contributed by atoms with E-state index in [-0.39, 0.29) is 5.91 Å². The summed E-state index contributed by atoms with van der Waals surface area (Å²) in [6.07, 6.45) is 3.39. The van der Waals surface area contributed by atoms with Crippen LogP contribution in [0.15, 0.2) is 18.2 Å². The summed E-state index contributed by atoms with van der Waals surface area (Å²) >= 11 is 1.45. The first-order valence-electron chi connectivity index (χ1n) is 8.13. The zero-order valence-electron chi connectivity index (χ0n) is 14.3. The Morgan fingerprint density at radius 1 is 1.12 bits per heavy atom. The van der Waals surface area contributed by atoms with E-state index in [1.54, 1.807) is 14.2 Å². The molecule has 0 N–H and O–H groups in total. The lowest BCUT2D eigenvalue weighted by molar-refractivity contribution is 0.0728. The molecule has 5 nitrogen and oxygen atoms in total. The first kappa shape index (κ1) is 16.8. The quantitative estimate of drug-likeness (QED) is 0.846. The number of piperidine rings is 1. The Bertz CT molecular complexity index is 736. The van der Waals surface area contributed by atoms with Gasteiger partial charge >= 0.3 is 0 Å². The minimum absolute atomic E-state index is 0.108. The number of likely N-dealkylation sites (tertiary alicyclic amines) is 1. The summed E-state index contributed by atoms with van der Waals surface area (Å²) in [5.74, 6) is 1.45. The van der Waals surface area contributed by atoms with E-state index in [4.69, 9.17) is 9.47 Å². The lowest BCUT2D eigenvalue weighted by Gasteiger charge is -2.26. The number of methoxy groups -OCH3 is 2. The molecule has 24 heavy (non-hydrogen) atoms. The number of benzene rings is 1. The Morgan fingerprint density at radius 3 is 2.50 bits per heavy atom. The molecule has 1 fully saturated rings. The molecule has 0 aliphatic carbocycles. The number of amides is 1. The zero-order chi connectivity index (χ0) is 17.1. The first-order valence-corrected chi connectivity index (χ1v) is 8.94. The second-order valence-corrected chi connectivity index (χ2v) is 6.86. The van der Waals surface area contributed by atoms with Gasteiger partial charge in [0, 0.05) is 18.7 Å². The highest BCUT2D eigenvalue weighted by Gasteiger charge is 2.23. The van der Waals surface area contributed by atoms with Crippen LogP contribution in [0, 0.1) is 6.92 Å². The maximum Gasteiger partial charge on any atom is 0.265 e. The van der Waals surface area contributed by atoms with Gasteiger partial charge in [-0.3, -0.25) is 4.79 Å². The third-order valence-corrected chi connectivity index (χ3v) is 5.46. The van der Waals surface area contributed by atoms with E-state index in [1.807, 2.05) is 30.0 Å². The van der Waals surface area contributed by atoms with Crippen LogP contribution in [-0.2, 0) is 0 Å². The Labute approximate surface area is 146 Å². The van der Waals surface area contributed by atoms with Crippen molar-refractivity contribution in [2.45, 2.75) is 26.2 Å². The Morgan fingerprint density at radius 2 is 1.83 bits per heavy atom. The monoisotopic (exact) mass is 346 g/mol. The highest BCUT2D eigenvalue weighted by molar-refractivity contribution is 7.17. The second-order valence-electron chi connectivity index (χ2n) is 5.86. The number of aryl methyl sites for hydroxylation is 1. The van der Waals surface area contributed by atoms with Crippen molar-refractivity contribution in [1.82, 2.24) is 9.88 Å². The predicted molar refractivity (Wildman–Crippen MR) is 95.1 cm³/mol. The van der Waals surface area contributed by atoms with Gasteiger partial charge in [-0.05, 0) is 44.4 Å². The van der Waals surface area contributed by atoms with E-state index in [9.17, 15) is 4.79 Å². The van der Waals surface area contributed by atoms with Gasteiger partial charge in [-0.25, -0.2) is 4.98 Å². The highest BCUT2D eigenvalue weighted by Crippen LogP contribution is 2.35. The molecule has 0 saturated carbocycles. The van der Waals surface area contributed by atoms with E-state index in [2.05, 4.69) is 4.98 Å². The molecule has 1 aromatic heterocycles. The number of thiazole rings is 1. The number of hydrogen-bond donors (Lipinski definition) is 0. The van der Waals surface area contributed by atoms with E-state index in [0.717, 1.165) is 47.1 Å². The minimum Gasteiger partial charge on any atom is -0.493 e. The molecule has 0 unspecified atom stereocenters. The van der Waals surface area contributed by atoms with E-state index in [1.165, 1.54) is 17.8 Å². The van der Waals surface area contributed by atoms with Crippen LogP contribution in [0.4, 0.5) is 0 Å². The number of hydrogen-bond acceptors (Lipinski definition) is 5. The maximum absolute atomic E-state index is 12.7. The van der Waals surface area contributed by atoms with Crippen LogP contribution in [0.2, 0.25) is 0 Å². The largest absolute Gasteiger partial charge is 0.493 e. The minimum atomic E-state index is 0.108. The molecule has 1 amide bonds. The van der Waals surface area contributed by atoms with Crippen molar-refractivity contribution in [2.75, 3.05) is 27.3 Å². The maximum atomic E-state index is 12.7. The highest BCUT2D eigenvalue weighted by atomic mass is 32.1. The van der Waals surface area contributed by atoms with Crippen LogP contribution >= 0.6 is 11.3 Å². The smallest absolute Gasteiger partial charge is 0.265 e. The van der Waals surface area contributed by atoms with Gasteiger partial charge < -0.3 is 14.4 Å². The average molecular weight is 346 g/mol. The molecule has 0 radical (unpaired) electrons. The molecule has 2 heterocycles. The average Bonchev–Trinajstić information content (AvgIpc) is 3.03. The SMILES string of the molecule is COc1ccc(-c2nc(C)c(C(=O)N3CCCCC3)s2)cc1OC. The van der Waals surface area contributed by atoms with Crippen molar-refractivity contribution in [3.8, 4) is 22.1 Å². The standard InChI is InChI=1S/C18H22N2O3S/c1-12-16(18(21)20-9-5-4-6-10-20)24-17(19-12)13-7-8-14(22-2)15(11-13)23-3/h7-8,11H,4-6,9-10H2,1-3H3. The molecule has 3 rings (SSSR count). The molecule has 1 aromatic carbocycles. The van der Waals surface area contributed by atoms with Gasteiger partial charge in [0.15, 0.2) is 11.5 Å². The fourth-order valence-electron chi connectivity index (χ4n) is 2.93. The molecule has 1 aliphatic heterocycles. The Kier molecular flexibility index (Phi) is 5.04. The molecule has 0 spiro atoms. The van der Waals surface area contributed by atoms with Gasteiger partial charge in [-0.2, -0.15) is 0 Å². The van der Waals surface area contributed by atoms with Crippen molar-refractivity contribution in [3.05, 3.63) is 28.8 Å². The molecule has 0 bridgehead atoms. The number of carbonyl (C=O) groups is 1. The van der Waals surface area contributed by atoms with Crippen molar-refractivity contribution >= 4 is 17.2 Å². The van der Waals surface area contributed by atoms with Crippen molar-refractivity contribution < 1.29 is 14.3 Å². The zero-order valence-corrected chi connectivity index (χ0v) is 15.1. The van der Waals surface area contributed by atoms with Gasteiger partial charge in [0.1, 0.15) is 9.88 Å². The van der Waals surface area contributed by atoms with Gasteiger partial charge in [0.25, 0.3) is 5.91 Å². The van der Waals surface area contributed by atoms with Crippen LogP contribution in [0.5, 0.6) is 11.5 Å². The summed E-state index contributed by atoms with van der Waals surface area (Å²) in [7, 11) is 3.22. The summed E-state index contributed by atoms with van der Waals surface area (Å²) in [5, 5.41) is 0.828. The molecule has 1 aliphatic rings. The Balaban J connectivity index is 1.89. The molecular formula is C18H22N2O3S. The van der Waals surface area contributed by atoms with Gasteiger partial charge in [-0.1, -0.05) is 0 Å².